The maximum atomic E-state index is 13.1. The van der Waals surface area contributed by atoms with Gasteiger partial charge in [0.05, 0.1) is 18.1 Å². The minimum absolute atomic E-state index is 0.107. The number of amides is 1. The van der Waals surface area contributed by atoms with Crippen LogP contribution >= 0.6 is 0 Å². The molecule has 4 rings (SSSR count). The number of carbonyl (C=O) groups is 1. The lowest BCUT2D eigenvalue weighted by Gasteiger charge is -2.27. The molecule has 2 aliphatic heterocycles. The molecule has 1 atom stereocenters. The molecule has 0 bridgehead atoms. The highest BCUT2D eigenvalue weighted by Gasteiger charge is 2.32. The Morgan fingerprint density at radius 2 is 1.96 bits per heavy atom. The predicted octanol–water partition coefficient (Wildman–Crippen LogP) is 3.35. The van der Waals surface area contributed by atoms with E-state index in [2.05, 4.69) is 0 Å². The van der Waals surface area contributed by atoms with Gasteiger partial charge in [-0.1, -0.05) is 6.07 Å². The first-order valence-electron chi connectivity index (χ1n) is 9.11. The molecule has 2 heterocycles. The number of methoxy groups -OCH3 is 1. The first-order valence-corrected chi connectivity index (χ1v) is 9.11. The van der Waals surface area contributed by atoms with Crippen LogP contribution in [-0.2, 0) is 0 Å². The van der Waals surface area contributed by atoms with Gasteiger partial charge in [-0.3, -0.25) is 14.9 Å². The SMILES string of the molecule is COc1ccc(C(=O)N2CCC[C@H]2c2ccc3c(c2)OCCO3)cc1[N+](=O)[O-]. The maximum absolute atomic E-state index is 13.1. The molecule has 8 nitrogen and oxygen atoms in total. The maximum Gasteiger partial charge on any atom is 0.311 e. The molecule has 0 spiro atoms. The minimum atomic E-state index is -0.544. The number of hydrogen-bond donors (Lipinski definition) is 0. The molecule has 1 fully saturated rings. The Kier molecular flexibility index (Phi) is 4.77. The zero-order chi connectivity index (χ0) is 19.7. The Bertz CT molecular complexity index is 929. The van der Waals surface area contributed by atoms with Crippen LogP contribution in [0.5, 0.6) is 17.2 Å². The van der Waals surface area contributed by atoms with Gasteiger partial charge in [0, 0.05) is 18.2 Å². The number of hydrogen-bond acceptors (Lipinski definition) is 6. The summed E-state index contributed by atoms with van der Waals surface area (Å²) in [5.74, 6) is 1.29. The monoisotopic (exact) mass is 384 g/mol. The van der Waals surface area contributed by atoms with E-state index in [1.165, 1.54) is 19.2 Å². The number of nitrogens with zero attached hydrogens (tertiary/aromatic N) is 2. The lowest BCUT2D eigenvalue weighted by atomic mass is 10.0. The van der Waals surface area contributed by atoms with Crippen molar-refractivity contribution < 1.29 is 23.9 Å². The van der Waals surface area contributed by atoms with Gasteiger partial charge in [0.15, 0.2) is 17.2 Å². The summed E-state index contributed by atoms with van der Waals surface area (Å²) in [4.78, 5) is 25.6. The van der Waals surface area contributed by atoms with Crippen LogP contribution in [0.3, 0.4) is 0 Å². The third kappa shape index (κ3) is 3.21. The van der Waals surface area contributed by atoms with Crippen molar-refractivity contribution in [3.63, 3.8) is 0 Å². The van der Waals surface area contributed by atoms with E-state index in [0.717, 1.165) is 18.4 Å². The van der Waals surface area contributed by atoms with Crippen molar-refractivity contribution in [2.24, 2.45) is 0 Å². The van der Waals surface area contributed by atoms with Crippen molar-refractivity contribution in [1.29, 1.82) is 0 Å². The van der Waals surface area contributed by atoms with Crippen LogP contribution in [0.15, 0.2) is 36.4 Å². The number of nitro benzene ring substituents is 1. The summed E-state index contributed by atoms with van der Waals surface area (Å²) in [5.41, 5.74) is 1.03. The van der Waals surface area contributed by atoms with Gasteiger partial charge >= 0.3 is 5.69 Å². The van der Waals surface area contributed by atoms with Crippen LogP contribution in [0.2, 0.25) is 0 Å². The second kappa shape index (κ2) is 7.38. The number of ether oxygens (including phenoxy) is 3. The van der Waals surface area contributed by atoms with Crippen molar-refractivity contribution in [2.75, 3.05) is 26.9 Å². The van der Waals surface area contributed by atoms with Gasteiger partial charge in [-0.2, -0.15) is 0 Å². The van der Waals surface area contributed by atoms with E-state index in [-0.39, 0.29) is 28.9 Å². The lowest BCUT2D eigenvalue weighted by Crippen LogP contribution is -2.30. The number of benzene rings is 2. The molecule has 2 aromatic carbocycles. The number of nitro groups is 1. The number of likely N-dealkylation sites (tertiary alicyclic amines) is 1. The molecule has 1 amide bonds. The first kappa shape index (κ1) is 18.1. The topological polar surface area (TPSA) is 91.1 Å². The van der Waals surface area contributed by atoms with Crippen molar-refractivity contribution >= 4 is 11.6 Å². The first-order chi connectivity index (χ1) is 13.6. The third-order valence-electron chi connectivity index (χ3n) is 5.09. The minimum Gasteiger partial charge on any atom is -0.490 e. The number of rotatable bonds is 4. The Hall–Kier alpha value is -3.29. The lowest BCUT2D eigenvalue weighted by molar-refractivity contribution is -0.385. The molecule has 0 N–H and O–H groups in total. The summed E-state index contributed by atoms with van der Waals surface area (Å²) < 4.78 is 16.2. The largest absolute Gasteiger partial charge is 0.490 e. The van der Waals surface area contributed by atoms with Crippen molar-refractivity contribution in [3.05, 3.63) is 57.6 Å². The van der Waals surface area contributed by atoms with Gasteiger partial charge in [-0.05, 0) is 42.7 Å². The molecule has 0 radical (unpaired) electrons. The highest BCUT2D eigenvalue weighted by Crippen LogP contribution is 2.39. The third-order valence-corrected chi connectivity index (χ3v) is 5.09. The Morgan fingerprint density at radius 1 is 1.18 bits per heavy atom. The van der Waals surface area contributed by atoms with Crippen molar-refractivity contribution in [1.82, 2.24) is 4.90 Å². The summed E-state index contributed by atoms with van der Waals surface area (Å²) >= 11 is 0. The molecule has 2 aromatic rings. The number of carbonyl (C=O) groups excluding carboxylic acids is 1. The fourth-order valence-corrected chi connectivity index (χ4v) is 3.76. The highest BCUT2D eigenvalue weighted by molar-refractivity contribution is 5.95. The van der Waals surface area contributed by atoms with Gasteiger partial charge in [-0.15, -0.1) is 0 Å². The van der Waals surface area contributed by atoms with Crippen LogP contribution in [-0.4, -0.2) is 42.6 Å². The summed E-state index contributed by atoms with van der Waals surface area (Å²) in [6.45, 7) is 1.62. The van der Waals surface area contributed by atoms with Crippen LogP contribution in [0.25, 0.3) is 0 Å². The summed E-state index contributed by atoms with van der Waals surface area (Å²) in [6, 6.07) is 9.92. The zero-order valence-corrected chi connectivity index (χ0v) is 15.4. The van der Waals surface area contributed by atoms with E-state index in [0.29, 0.717) is 31.3 Å². The summed E-state index contributed by atoms with van der Waals surface area (Å²) in [5, 5.41) is 11.3. The molecule has 0 saturated carbocycles. The van der Waals surface area contributed by atoms with Crippen LogP contribution in [0, 0.1) is 10.1 Å². The summed E-state index contributed by atoms with van der Waals surface area (Å²) in [6.07, 6.45) is 1.69. The molecule has 0 aromatic heterocycles. The van der Waals surface area contributed by atoms with Crippen LogP contribution in [0.1, 0.15) is 34.8 Å². The van der Waals surface area contributed by atoms with E-state index < -0.39 is 4.92 Å². The number of fused-ring (bicyclic) bond motifs is 1. The van der Waals surface area contributed by atoms with Crippen LogP contribution in [0.4, 0.5) is 5.69 Å². The van der Waals surface area contributed by atoms with E-state index in [1.807, 2.05) is 18.2 Å². The molecule has 146 valence electrons. The Balaban J connectivity index is 1.62. The van der Waals surface area contributed by atoms with Gasteiger partial charge in [0.2, 0.25) is 0 Å². The van der Waals surface area contributed by atoms with Crippen LogP contribution < -0.4 is 14.2 Å². The highest BCUT2D eigenvalue weighted by atomic mass is 16.6. The molecule has 28 heavy (non-hydrogen) atoms. The Labute approximate surface area is 161 Å². The second-order valence-electron chi connectivity index (χ2n) is 6.70. The van der Waals surface area contributed by atoms with E-state index in [9.17, 15) is 14.9 Å². The average molecular weight is 384 g/mol. The van der Waals surface area contributed by atoms with E-state index in [4.69, 9.17) is 14.2 Å². The molecule has 2 aliphatic rings. The van der Waals surface area contributed by atoms with E-state index in [1.54, 1.807) is 11.0 Å². The van der Waals surface area contributed by atoms with Crippen molar-refractivity contribution in [2.45, 2.75) is 18.9 Å². The molecular formula is C20H20N2O6. The fraction of sp³-hybridized carbons (Fsp3) is 0.350. The summed E-state index contributed by atoms with van der Waals surface area (Å²) in [7, 11) is 1.36. The smallest absolute Gasteiger partial charge is 0.311 e. The van der Waals surface area contributed by atoms with E-state index >= 15 is 0 Å². The van der Waals surface area contributed by atoms with Gasteiger partial charge < -0.3 is 19.1 Å². The normalized spacial score (nSPS) is 18.0. The molecule has 0 aliphatic carbocycles. The average Bonchev–Trinajstić information content (AvgIpc) is 3.22. The van der Waals surface area contributed by atoms with Gasteiger partial charge in [-0.25, -0.2) is 0 Å². The Morgan fingerprint density at radius 3 is 2.71 bits per heavy atom. The molecular weight excluding hydrogens is 364 g/mol. The quantitative estimate of drug-likeness (QED) is 0.593. The molecule has 1 saturated heterocycles. The molecule has 8 heteroatoms. The molecule has 0 unspecified atom stereocenters. The zero-order valence-electron chi connectivity index (χ0n) is 15.4. The fourth-order valence-electron chi connectivity index (χ4n) is 3.76. The van der Waals surface area contributed by atoms with Crippen molar-refractivity contribution in [3.8, 4) is 17.2 Å². The standard InChI is InChI=1S/C20H20N2O6/c1-26-17-6-5-14(11-16(17)22(24)25)20(23)21-8-2-3-15(21)13-4-7-18-19(12-13)28-10-9-27-18/h4-7,11-12,15H,2-3,8-10H2,1H3/t15-/m0/s1. The van der Waals surface area contributed by atoms with Gasteiger partial charge in [0.25, 0.3) is 5.91 Å². The predicted molar refractivity (Wildman–Crippen MR) is 100 cm³/mol. The second-order valence-corrected chi connectivity index (χ2v) is 6.70. The van der Waals surface area contributed by atoms with Gasteiger partial charge in [0.1, 0.15) is 13.2 Å².